The van der Waals surface area contributed by atoms with Crippen molar-refractivity contribution in [1.29, 1.82) is 0 Å². The molecule has 0 saturated carbocycles. The Balaban J connectivity index is 2.03. The van der Waals surface area contributed by atoms with Crippen LogP contribution in [-0.2, 0) is 26.2 Å². The van der Waals surface area contributed by atoms with Crippen LogP contribution in [0, 0.1) is 13.8 Å². The number of nitrogens with zero attached hydrogens (tertiary/aromatic N) is 2. The highest BCUT2D eigenvalue weighted by Crippen LogP contribution is 2.27. The lowest BCUT2D eigenvalue weighted by Gasteiger charge is -2.32. The van der Waals surface area contributed by atoms with Crippen LogP contribution in [0.2, 0.25) is 0 Å². The Hall–Kier alpha value is -3.65. The van der Waals surface area contributed by atoms with Gasteiger partial charge in [-0.15, -0.1) is 0 Å². The fourth-order valence-electron chi connectivity index (χ4n) is 4.33. The first-order valence-electron chi connectivity index (χ1n) is 14.2. The number of benzene rings is 3. The molecule has 7 nitrogen and oxygen atoms in total. The third-order valence-electron chi connectivity index (χ3n) is 7.38. The van der Waals surface area contributed by atoms with E-state index in [2.05, 4.69) is 19.2 Å². The number of rotatable bonds is 12. The highest BCUT2D eigenvalue weighted by molar-refractivity contribution is 7.92. The predicted molar refractivity (Wildman–Crippen MR) is 165 cm³/mol. The molecule has 0 aliphatic heterocycles. The molecule has 0 radical (unpaired) electrons. The molecule has 0 spiro atoms. The smallest absolute Gasteiger partial charge is 0.264 e. The molecule has 0 aliphatic rings. The van der Waals surface area contributed by atoms with Crippen LogP contribution in [0.15, 0.2) is 77.7 Å². The topological polar surface area (TPSA) is 86.8 Å². The average molecular weight is 578 g/mol. The minimum atomic E-state index is -4.09. The molecule has 2 amide bonds. The minimum absolute atomic E-state index is 0.0563. The molecule has 0 aliphatic carbocycles. The lowest BCUT2D eigenvalue weighted by Crippen LogP contribution is -2.52. The Labute approximate surface area is 245 Å². The molecule has 41 heavy (non-hydrogen) atoms. The molecule has 0 fully saturated rings. The van der Waals surface area contributed by atoms with Gasteiger partial charge in [0.1, 0.15) is 12.6 Å². The van der Waals surface area contributed by atoms with E-state index in [-0.39, 0.29) is 29.3 Å². The molecule has 8 heteroatoms. The minimum Gasteiger partial charge on any atom is -0.352 e. The van der Waals surface area contributed by atoms with Crippen molar-refractivity contribution in [1.82, 2.24) is 10.2 Å². The summed E-state index contributed by atoms with van der Waals surface area (Å²) in [4.78, 5) is 28.8. The monoisotopic (exact) mass is 577 g/mol. The van der Waals surface area contributed by atoms with Crippen molar-refractivity contribution in [3.63, 3.8) is 0 Å². The average Bonchev–Trinajstić information content (AvgIpc) is 2.95. The summed E-state index contributed by atoms with van der Waals surface area (Å²) in [5.74, 6) is -0.488. The lowest BCUT2D eigenvalue weighted by molar-refractivity contribution is -0.139. The predicted octanol–water partition coefficient (Wildman–Crippen LogP) is 5.95. The van der Waals surface area contributed by atoms with Crippen molar-refractivity contribution in [3.8, 4) is 0 Å². The Morgan fingerprint density at radius 2 is 1.34 bits per heavy atom. The fourth-order valence-corrected chi connectivity index (χ4v) is 5.74. The first-order chi connectivity index (χ1) is 19.3. The number of amides is 2. The summed E-state index contributed by atoms with van der Waals surface area (Å²) in [6.07, 6.45) is 0.749. The van der Waals surface area contributed by atoms with Crippen LogP contribution in [0.5, 0.6) is 0 Å². The van der Waals surface area contributed by atoms with Gasteiger partial charge in [-0.05, 0) is 75.4 Å². The van der Waals surface area contributed by atoms with Gasteiger partial charge in [0.25, 0.3) is 10.0 Å². The van der Waals surface area contributed by atoms with Crippen LogP contribution in [0.4, 0.5) is 5.69 Å². The van der Waals surface area contributed by atoms with Crippen molar-refractivity contribution in [2.24, 2.45) is 0 Å². The van der Waals surface area contributed by atoms with Gasteiger partial charge in [0.2, 0.25) is 11.8 Å². The standard InChI is InChI=1S/C33H43N3O4S/c1-8-26(6)34-33(38)27(7)35(21-28-13-9-24(4)10-14-28)32(37)22-36(30-17-15-29(16-18-30)23(2)3)41(39,40)31-19-11-25(5)12-20-31/h9-20,23,26-27H,8,21-22H2,1-7H3,(H,34,38). The molecule has 0 aromatic heterocycles. The number of nitrogens with one attached hydrogen (secondary N) is 1. The lowest BCUT2D eigenvalue weighted by atomic mass is 10.0. The van der Waals surface area contributed by atoms with Gasteiger partial charge in [-0.25, -0.2) is 8.42 Å². The third kappa shape index (κ3) is 8.19. The summed E-state index contributed by atoms with van der Waals surface area (Å²) in [5, 5.41) is 2.96. The number of hydrogen-bond donors (Lipinski definition) is 1. The molecule has 2 atom stereocenters. The summed E-state index contributed by atoms with van der Waals surface area (Å²) < 4.78 is 29.1. The molecule has 0 saturated heterocycles. The zero-order valence-corrected chi connectivity index (χ0v) is 26.0. The number of carbonyl (C=O) groups excluding carboxylic acids is 2. The third-order valence-corrected chi connectivity index (χ3v) is 9.17. The highest BCUT2D eigenvalue weighted by atomic mass is 32.2. The van der Waals surface area contributed by atoms with E-state index in [9.17, 15) is 18.0 Å². The summed E-state index contributed by atoms with van der Waals surface area (Å²) in [6.45, 7) is 13.3. The molecular formula is C33H43N3O4S. The summed E-state index contributed by atoms with van der Waals surface area (Å²) in [7, 11) is -4.09. The maximum atomic E-state index is 14.0. The van der Waals surface area contributed by atoms with E-state index in [0.29, 0.717) is 5.69 Å². The Bertz CT molecular complexity index is 1420. The maximum absolute atomic E-state index is 14.0. The molecule has 3 rings (SSSR count). The largest absolute Gasteiger partial charge is 0.352 e. The van der Waals surface area contributed by atoms with Crippen molar-refractivity contribution >= 4 is 27.5 Å². The van der Waals surface area contributed by atoms with Crippen LogP contribution < -0.4 is 9.62 Å². The normalized spacial score (nSPS) is 13.0. The van der Waals surface area contributed by atoms with E-state index in [1.807, 2.05) is 64.1 Å². The highest BCUT2D eigenvalue weighted by Gasteiger charge is 2.32. The van der Waals surface area contributed by atoms with E-state index >= 15 is 0 Å². The maximum Gasteiger partial charge on any atom is 0.264 e. The summed E-state index contributed by atoms with van der Waals surface area (Å²) in [5.41, 5.74) is 4.30. The van der Waals surface area contributed by atoms with Gasteiger partial charge >= 0.3 is 0 Å². The molecule has 2 unspecified atom stereocenters. The van der Waals surface area contributed by atoms with Gasteiger partial charge in [0.15, 0.2) is 0 Å². The summed E-state index contributed by atoms with van der Waals surface area (Å²) >= 11 is 0. The van der Waals surface area contributed by atoms with E-state index in [1.165, 1.54) is 4.90 Å². The Kier molecular flexibility index (Phi) is 10.7. The number of aryl methyl sites for hydroxylation is 2. The molecule has 220 valence electrons. The van der Waals surface area contributed by atoms with Gasteiger partial charge in [-0.3, -0.25) is 13.9 Å². The van der Waals surface area contributed by atoms with Crippen LogP contribution >= 0.6 is 0 Å². The van der Waals surface area contributed by atoms with Crippen molar-refractivity contribution in [2.45, 2.75) is 84.3 Å². The Morgan fingerprint density at radius 1 is 0.805 bits per heavy atom. The van der Waals surface area contributed by atoms with Crippen LogP contribution in [0.25, 0.3) is 0 Å². The number of anilines is 1. The van der Waals surface area contributed by atoms with E-state index in [1.54, 1.807) is 43.3 Å². The van der Waals surface area contributed by atoms with Crippen LogP contribution in [0.1, 0.15) is 69.2 Å². The SMILES string of the molecule is CCC(C)NC(=O)C(C)N(Cc1ccc(C)cc1)C(=O)CN(c1ccc(C(C)C)cc1)S(=O)(=O)c1ccc(C)cc1. The van der Waals surface area contributed by atoms with Gasteiger partial charge in [0, 0.05) is 12.6 Å². The van der Waals surface area contributed by atoms with Crippen molar-refractivity contribution in [3.05, 3.63) is 95.1 Å². The number of sulfonamides is 1. The fraction of sp³-hybridized carbons (Fsp3) is 0.394. The van der Waals surface area contributed by atoms with Gasteiger partial charge in [0.05, 0.1) is 10.6 Å². The van der Waals surface area contributed by atoms with E-state index in [0.717, 1.165) is 33.0 Å². The van der Waals surface area contributed by atoms with Crippen molar-refractivity contribution < 1.29 is 18.0 Å². The Morgan fingerprint density at radius 3 is 1.85 bits per heavy atom. The van der Waals surface area contributed by atoms with Crippen LogP contribution in [-0.4, -0.2) is 43.8 Å². The van der Waals surface area contributed by atoms with E-state index in [4.69, 9.17) is 0 Å². The van der Waals surface area contributed by atoms with Crippen molar-refractivity contribution in [2.75, 3.05) is 10.8 Å². The van der Waals surface area contributed by atoms with Gasteiger partial charge < -0.3 is 10.2 Å². The van der Waals surface area contributed by atoms with Gasteiger partial charge in [-0.1, -0.05) is 80.4 Å². The second-order valence-electron chi connectivity index (χ2n) is 11.1. The number of carbonyl (C=O) groups is 2. The summed E-state index contributed by atoms with van der Waals surface area (Å²) in [6, 6.07) is 20.7. The molecule has 0 bridgehead atoms. The second-order valence-corrected chi connectivity index (χ2v) is 12.9. The second kappa shape index (κ2) is 13.8. The molecule has 0 heterocycles. The molecule has 3 aromatic rings. The van der Waals surface area contributed by atoms with Gasteiger partial charge in [-0.2, -0.15) is 0 Å². The first kappa shape index (κ1) is 31.9. The number of hydrogen-bond acceptors (Lipinski definition) is 4. The molecule has 1 N–H and O–H groups in total. The molecular weight excluding hydrogens is 534 g/mol. The van der Waals surface area contributed by atoms with Crippen LogP contribution in [0.3, 0.4) is 0 Å². The zero-order valence-electron chi connectivity index (χ0n) is 25.2. The zero-order chi connectivity index (χ0) is 30.3. The quantitative estimate of drug-likeness (QED) is 0.288. The van der Waals surface area contributed by atoms with E-state index < -0.39 is 28.5 Å². The first-order valence-corrected chi connectivity index (χ1v) is 15.6. The molecule has 3 aromatic carbocycles.